The molecule has 2 aromatic rings. The molecule has 1 aliphatic heterocycles. The quantitative estimate of drug-likeness (QED) is 0.910. The van der Waals surface area contributed by atoms with Crippen molar-refractivity contribution in [1.29, 1.82) is 0 Å². The molecule has 1 fully saturated rings. The maximum Gasteiger partial charge on any atom is 0.255 e. The molecule has 0 atom stereocenters. The maximum absolute atomic E-state index is 12.6. The van der Waals surface area contributed by atoms with Gasteiger partial charge in [-0.25, -0.2) is 0 Å². The normalized spacial score (nSPS) is 14.9. The van der Waals surface area contributed by atoms with Gasteiger partial charge in [0.1, 0.15) is 0 Å². The highest BCUT2D eigenvalue weighted by Crippen LogP contribution is 2.10. The van der Waals surface area contributed by atoms with Crippen LogP contribution in [-0.4, -0.2) is 59.8 Å². The van der Waals surface area contributed by atoms with Gasteiger partial charge in [0.25, 0.3) is 11.8 Å². The average Bonchev–Trinajstić information content (AvgIpc) is 2.66. The topological polar surface area (TPSA) is 65.5 Å². The van der Waals surface area contributed by atoms with Gasteiger partial charge >= 0.3 is 0 Å². The first kappa shape index (κ1) is 18.1. The molecule has 6 heteroatoms. The molecule has 136 valence electrons. The van der Waals surface area contributed by atoms with E-state index in [0.29, 0.717) is 30.8 Å². The van der Waals surface area contributed by atoms with E-state index in [0.717, 1.165) is 24.2 Å². The number of rotatable bonds is 4. The van der Waals surface area contributed by atoms with Crippen LogP contribution in [0.15, 0.2) is 42.7 Å². The number of amides is 2. The molecule has 26 heavy (non-hydrogen) atoms. The highest BCUT2D eigenvalue weighted by atomic mass is 16.2. The Bertz CT molecular complexity index is 798. The fourth-order valence-corrected chi connectivity index (χ4v) is 2.98. The van der Waals surface area contributed by atoms with Crippen LogP contribution in [0.1, 0.15) is 31.8 Å². The standard InChI is InChI=1S/C20H24N4O2/c1-15-4-3-5-16(10-15)12-22-19(25)17-11-18(14-21-13-17)20(26)24-8-6-23(2)7-9-24/h3-5,10-11,13-14H,6-9,12H2,1-2H3,(H,22,25). The molecular formula is C20H24N4O2. The summed E-state index contributed by atoms with van der Waals surface area (Å²) in [5, 5.41) is 2.88. The van der Waals surface area contributed by atoms with Crippen LogP contribution in [0.5, 0.6) is 0 Å². The average molecular weight is 352 g/mol. The van der Waals surface area contributed by atoms with Crippen molar-refractivity contribution in [3.05, 3.63) is 65.0 Å². The van der Waals surface area contributed by atoms with Gasteiger partial charge in [-0.2, -0.15) is 0 Å². The molecule has 2 heterocycles. The van der Waals surface area contributed by atoms with Crippen LogP contribution in [-0.2, 0) is 6.54 Å². The molecule has 1 N–H and O–H groups in total. The van der Waals surface area contributed by atoms with Gasteiger partial charge in [-0.1, -0.05) is 29.8 Å². The second-order valence-corrected chi connectivity index (χ2v) is 6.73. The lowest BCUT2D eigenvalue weighted by Crippen LogP contribution is -2.47. The summed E-state index contributed by atoms with van der Waals surface area (Å²) in [6.07, 6.45) is 3.02. The van der Waals surface area contributed by atoms with Crippen molar-refractivity contribution in [2.45, 2.75) is 13.5 Å². The zero-order chi connectivity index (χ0) is 18.5. The first-order chi connectivity index (χ1) is 12.5. The lowest BCUT2D eigenvalue weighted by Gasteiger charge is -2.32. The molecule has 0 saturated carbocycles. The lowest BCUT2D eigenvalue weighted by molar-refractivity contribution is 0.0663. The van der Waals surface area contributed by atoms with Crippen LogP contribution in [0.4, 0.5) is 0 Å². The summed E-state index contributed by atoms with van der Waals surface area (Å²) in [7, 11) is 2.04. The highest BCUT2D eigenvalue weighted by Gasteiger charge is 2.21. The van der Waals surface area contributed by atoms with Gasteiger partial charge in [-0.05, 0) is 25.6 Å². The SMILES string of the molecule is Cc1cccc(CNC(=O)c2cncc(C(=O)N3CCN(C)CC3)c2)c1. The molecule has 0 radical (unpaired) electrons. The molecule has 0 unspecified atom stereocenters. The number of carbonyl (C=O) groups excluding carboxylic acids is 2. The number of hydrogen-bond donors (Lipinski definition) is 1. The van der Waals surface area contributed by atoms with Crippen LogP contribution in [0, 0.1) is 6.92 Å². The zero-order valence-corrected chi connectivity index (χ0v) is 15.2. The summed E-state index contributed by atoms with van der Waals surface area (Å²) in [5.74, 6) is -0.300. The second-order valence-electron chi connectivity index (χ2n) is 6.73. The van der Waals surface area contributed by atoms with Crippen molar-refractivity contribution in [2.75, 3.05) is 33.2 Å². The van der Waals surface area contributed by atoms with E-state index < -0.39 is 0 Å². The van der Waals surface area contributed by atoms with Crippen molar-refractivity contribution >= 4 is 11.8 Å². The molecule has 3 rings (SSSR count). The predicted molar refractivity (Wildman–Crippen MR) is 100.0 cm³/mol. The molecule has 1 aromatic carbocycles. The fraction of sp³-hybridized carbons (Fsp3) is 0.350. The van der Waals surface area contributed by atoms with Crippen molar-refractivity contribution in [3.63, 3.8) is 0 Å². The fourth-order valence-electron chi connectivity index (χ4n) is 2.98. The van der Waals surface area contributed by atoms with E-state index in [4.69, 9.17) is 0 Å². The number of nitrogens with one attached hydrogen (secondary N) is 1. The third-order valence-electron chi connectivity index (χ3n) is 4.57. The number of benzene rings is 1. The smallest absolute Gasteiger partial charge is 0.255 e. The van der Waals surface area contributed by atoms with Gasteiger partial charge in [0, 0.05) is 45.1 Å². The summed E-state index contributed by atoms with van der Waals surface area (Å²) in [6.45, 7) is 5.56. The Morgan fingerprint density at radius 2 is 1.81 bits per heavy atom. The number of piperazine rings is 1. The van der Waals surface area contributed by atoms with Crippen LogP contribution in [0.25, 0.3) is 0 Å². The molecule has 6 nitrogen and oxygen atoms in total. The summed E-state index contributed by atoms with van der Waals surface area (Å²) >= 11 is 0. The predicted octanol–water partition coefficient (Wildman–Crippen LogP) is 1.71. The number of aryl methyl sites for hydroxylation is 1. The Hall–Kier alpha value is -2.73. The van der Waals surface area contributed by atoms with E-state index in [1.807, 2.05) is 43.1 Å². The monoisotopic (exact) mass is 352 g/mol. The minimum Gasteiger partial charge on any atom is -0.348 e. The minimum absolute atomic E-state index is 0.0704. The van der Waals surface area contributed by atoms with Crippen LogP contribution < -0.4 is 5.32 Å². The molecule has 1 aliphatic rings. The van der Waals surface area contributed by atoms with Crippen LogP contribution in [0.3, 0.4) is 0 Å². The first-order valence-corrected chi connectivity index (χ1v) is 8.79. The Balaban J connectivity index is 1.64. The Morgan fingerprint density at radius 3 is 2.54 bits per heavy atom. The molecular weight excluding hydrogens is 328 g/mol. The summed E-state index contributed by atoms with van der Waals surface area (Å²) in [6, 6.07) is 9.61. The van der Waals surface area contributed by atoms with E-state index in [1.165, 1.54) is 12.4 Å². The molecule has 0 bridgehead atoms. The summed E-state index contributed by atoms with van der Waals surface area (Å²) < 4.78 is 0. The van der Waals surface area contributed by atoms with Gasteiger partial charge in [0.05, 0.1) is 11.1 Å². The second kappa shape index (κ2) is 8.10. The van der Waals surface area contributed by atoms with Crippen molar-refractivity contribution < 1.29 is 9.59 Å². The number of nitrogens with zero attached hydrogens (tertiary/aromatic N) is 3. The molecule has 2 amide bonds. The van der Waals surface area contributed by atoms with E-state index in [-0.39, 0.29) is 11.8 Å². The van der Waals surface area contributed by atoms with E-state index >= 15 is 0 Å². The van der Waals surface area contributed by atoms with Crippen molar-refractivity contribution in [3.8, 4) is 0 Å². The van der Waals surface area contributed by atoms with Gasteiger partial charge < -0.3 is 15.1 Å². The van der Waals surface area contributed by atoms with Crippen LogP contribution in [0.2, 0.25) is 0 Å². The molecule has 0 spiro atoms. The Labute approximate surface area is 153 Å². The summed E-state index contributed by atoms with van der Waals surface area (Å²) in [5.41, 5.74) is 3.05. The van der Waals surface area contributed by atoms with Gasteiger partial charge in [0.2, 0.25) is 0 Å². The van der Waals surface area contributed by atoms with Gasteiger partial charge in [-0.3, -0.25) is 14.6 Å². The number of likely N-dealkylation sites (N-methyl/N-ethyl adjacent to an activating group) is 1. The highest BCUT2D eigenvalue weighted by molar-refractivity contribution is 5.99. The largest absolute Gasteiger partial charge is 0.348 e. The minimum atomic E-state index is -0.230. The number of aromatic nitrogens is 1. The lowest BCUT2D eigenvalue weighted by atomic mass is 10.1. The maximum atomic E-state index is 12.6. The number of pyridine rings is 1. The third kappa shape index (κ3) is 4.46. The van der Waals surface area contributed by atoms with Gasteiger partial charge in [-0.15, -0.1) is 0 Å². The van der Waals surface area contributed by atoms with E-state index in [2.05, 4.69) is 15.2 Å². The van der Waals surface area contributed by atoms with Gasteiger partial charge in [0.15, 0.2) is 0 Å². The number of hydrogen-bond acceptors (Lipinski definition) is 4. The third-order valence-corrected chi connectivity index (χ3v) is 4.57. The summed E-state index contributed by atoms with van der Waals surface area (Å²) in [4.78, 5) is 33.1. The number of carbonyl (C=O) groups is 2. The van der Waals surface area contributed by atoms with E-state index in [9.17, 15) is 9.59 Å². The molecule has 1 aromatic heterocycles. The molecule has 0 aliphatic carbocycles. The van der Waals surface area contributed by atoms with E-state index in [1.54, 1.807) is 6.07 Å². The van der Waals surface area contributed by atoms with Crippen molar-refractivity contribution in [1.82, 2.24) is 20.1 Å². The van der Waals surface area contributed by atoms with Crippen LogP contribution >= 0.6 is 0 Å². The molecule has 1 saturated heterocycles. The van der Waals surface area contributed by atoms with Crippen molar-refractivity contribution in [2.24, 2.45) is 0 Å². The Morgan fingerprint density at radius 1 is 1.08 bits per heavy atom. The Kier molecular flexibility index (Phi) is 5.63. The first-order valence-electron chi connectivity index (χ1n) is 8.79. The zero-order valence-electron chi connectivity index (χ0n) is 15.2.